The van der Waals surface area contributed by atoms with Gasteiger partial charge in [0.15, 0.2) is 0 Å². The largest absolute Gasteiger partial charge is 0.489 e. The number of rotatable bonds is 6. The van der Waals surface area contributed by atoms with E-state index >= 15 is 0 Å². The molecule has 0 aromatic heterocycles. The van der Waals surface area contributed by atoms with Gasteiger partial charge >= 0.3 is 0 Å². The minimum absolute atomic E-state index is 0.0426. The van der Waals surface area contributed by atoms with Crippen LogP contribution < -0.4 is 15.5 Å². The molecule has 7 heteroatoms. The molecule has 2 aromatic carbocycles. The summed E-state index contributed by atoms with van der Waals surface area (Å²) in [5, 5.41) is 12.2. The normalized spacial score (nSPS) is 26.0. The van der Waals surface area contributed by atoms with Gasteiger partial charge in [0.1, 0.15) is 12.4 Å². The number of hydrogen-bond donors (Lipinski definition) is 3. The SMILES string of the molecule is O=C(NO)C1CNCC2(C1)CC2C(=O)N1CC=C(c2cccc(OCc3ccccc3)c2)CC1. The number of hydroxylamine groups is 1. The lowest BCUT2D eigenvalue weighted by Crippen LogP contribution is -2.46. The molecule has 1 saturated heterocycles. The molecule has 3 unspecified atom stereocenters. The number of carbonyl (C=O) groups is 2. The van der Waals surface area contributed by atoms with Crippen LogP contribution in [-0.2, 0) is 16.2 Å². The van der Waals surface area contributed by atoms with Gasteiger partial charge < -0.3 is 15.0 Å². The van der Waals surface area contributed by atoms with Crippen LogP contribution in [0.1, 0.15) is 30.4 Å². The highest BCUT2D eigenvalue weighted by molar-refractivity contribution is 5.85. The average Bonchev–Trinajstić information content (AvgIpc) is 3.59. The molecule has 3 N–H and O–H groups in total. The van der Waals surface area contributed by atoms with Crippen molar-refractivity contribution in [2.24, 2.45) is 17.3 Å². The van der Waals surface area contributed by atoms with Crippen molar-refractivity contribution in [2.45, 2.75) is 25.9 Å². The van der Waals surface area contributed by atoms with Crippen molar-refractivity contribution < 1.29 is 19.5 Å². The van der Waals surface area contributed by atoms with Crippen molar-refractivity contribution in [3.8, 4) is 5.75 Å². The van der Waals surface area contributed by atoms with Crippen LogP contribution in [0.3, 0.4) is 0 Å². The molecule has 0 radical (unpaired) electrons. The maximum absolute atomic E-state index is 13.2. The molecule has 2 aliphatic heterocycles. The number of nitrogens with one attached hydrogen (secondary N) is 2. The minimum Gasteiger partial charge on any atom is -0.489 e. The van der Waals surface area contributed by atoms with E-state index in [4.69, 9.17) is 9.94 Å². The first-order valence-corrected chi connectivity index (χ1v) is 12.0. The summed E-state index contributed by atoms with van der Waals surface area (Å²) in [4.78, 5) is 27.0. The molecular formula is C27H31N3O4. The number of ether oxygens (including phenoxy) is 1. The lowest BCUT2D eigenvalue weighted by atomic mass is 9.85. The van der Waals surface area contributed by atoms with Crippen LogP contribution in [0, 0.1) is 17.3 Å². The Morgan fingerprint density at radius 2 is 2.00 bits per heavy atom. The molecule has 2 fully saturated rings. The van der Waals surface area contributed by atoms with E-state index in [1.165, 1.54) is 5.57 Å². The molecular weight excluding hydrogens is 430 g/mol. The van der Waals surface area contributed by atoms with Gasteiger partial charge in [0.2, 0.25) is 11.8 Å². The van der Waals surface area contributed by atoms with Crippen molar-refractivity contribution in [3.05, 3.63) is 71.8 Å². The minimum atomic E-state index is -0.370. The lowest BCUT2D eigenvalue weighted by molar-refractivity contribution is -0.136. The number of piperidine rings is 1. The topological polar surface area (TPSA) is 90.9 Å². The van der Waals surface area contributed by atoms with E-state index in [1.807, 2.05) is 47.4 Å². The first kappa shape index (κ1) is 22.6. The van der Waals surface area contributed by atoms with E-state index in [2.05, 4.69) is 23.5 Å². The Morgan fingerprint density at radius 1 is 1.15 bits per heavy atom. The van der Waals surface area contributed by atoms with Crippen LogP contribution in [0.5, 0.6) is 5.75 Å². The van der Waals surface area contributed by atoms with Crippen LogP contribution in [0.4, 0.5) is 0 Å². The van der Waals surface area contributed by atoms with Gasteiger partial charge in [-0.2, -0.15) is 0 Å². The molecule has 178 valence electrons. The van der Waals surface area contributed by atoms with Gasteiger partial charge in [-0.1, -0.05) is 48.5 Å². The zero-order valence-corrected chi connectivity index (χ0v) is 19.2. The van der Waals surface area contributed by atoms with Gasteiger partial charge in [-0.3, -0.25) is 14.8 Å². The molecule has 2 amide bonds. The third kappa shape index (κ3) is 4.72. The standard InChI is InChI=1S/C27H31N3O4/c31-25(29-33)22-14-27(18-28-16-22)15-24(27)26(32)30-11-9-20(10-12-30)21-7-4-8-23(13-21)34-17-19-5-2-1-3-6-19/h1-9,13,22,24,28,33H,10-12,14-18H2,(H,29,31). The summed E-state index contributed by atoms with van der Waals surface area (Å²) >= 11 is 0. The monoisotopic (exact) mass is 461 g/mol. The fourth-order valence-corrected chi connectivity index (χ4v) is 5.40. The first-order valence-electron chi connectivity index (χ1n) is 12.0. The third-order valence-electron chi connectivity index (χ3n) is 7.46. The number of nitrogens with zero attached hydrogens (tertiary/aromatic N) is 1. The Hall–Kier alpha value is -3.16. The molecule has 2 heterocycles. The smallest absolute Gasteiger partial charge is 0.247 e. The molecule has 1 saturated carbocycles. The van der Waals surface area contributed by atoms with Crippen LogP contribution in [0.2, 0.25) is 0 Å². The van der Waals surface area contributed by atoms with Gasteiger partial charge in [0.05, 0.1) is 5.92 Å². The second-order valence-corrected chi connectivity index (χ2v) is 9.69. The summed E-state index contributed by atoms with van der Waals surface area (Å²) in [7, 11) is 0. The Bertz CT molecular complexity index is 1090. The van der Waals surface area contributed by atoms with Crippen molar-refractivity contribution in [2.75, 3.05) is 26.2 Å². The molecule has 34 heavy (non-hydrogen) atoms. The fraction of sp³-hybridized carbons (Fsp3) is 0.407. The highest BCUT2D eigenvalue weighted by Crippen LogP contribution is 2.58. The maximum atomic E-state index is 13.2. The fourth-order valence-electron chi connectivity index (χ4n) is 5.40. The summed E-state index contributed by atoms with van der Waals surface area (Å²) in [5.41, 5.74) is 5.11. The van der Waals surface area contributed by atoms with Crippen molar-refractivity contribution in [1.29, 1.82) is 0 Å². The van der Waals surface area contributed by atoms with Crippen LogP contribution in [0.25, 0.3) is 5.57 Å². The molecule has 0 bridgehead atoms. The molecule has 5 rings (SSSR count). The van der Waals surface area contributed by atoms with E-state index in [-0.39, 0.29) is 29.1 Å². The Kier molecular flexibility index (Phi) is 6.39. The average molecular weight is 462 g/mol. The summed E-state index contributed by atoms with van der Waals surface area (Å²) < 4.78 is 5.98. The van der Waals surface area contributed by atoms with E-state index < -0.39 is 0 Å². The van der Waals surface area contributed by atoms with Crippen LogP contribution >= 0.6 is 0 Å². The summed E-state index contributed by atoms with van der Waals surface area (Å²) in [6.45, 7) is 3.12. The van der Waals surface area contributed by atoms with E-state index in [0.29, 0.717) is 32.7 Å². The van der Waals surface area contributed by atoms with Crippen molar-refractivity contribution >= 4 is 17.4 Å². The van der Waals surface area contributed by atoms with Crippen molar-refractivity contribution in [3.63, 3.8) is 0 Å². The second-order valence-electron chi connectivity index (χ2n) is 9.69. The van der Waals surface area contributed by atoms with E-state index in [9.17, 15) is 9.59 Å². The van der Waals surface area contributed by atoms with Crippen molar-refractivity contribution in [1.82, 2.24) is 15.7 Å². The second kappa shape index (κ2) is 9.60. The molecule has 7 nitrogen and oxygen atoms in total. The maximum Gasteiger partial charge on any atom is 0.247 e. The predicted molar refractivity (Wildman–Crippen MR) is 128 cm³/mol. The van der Waals surface area contributed by atoms with Crippen LogP contribution in [-0.4, -0.2) is 48.1 Å². The van der Waals surface area contributed by atoms with Gasteiger partial charge in [0, 0.05) is 32.1 Å². The van der Waals surface area contributed by atoms with Gasteiger partial charge in [-0.05, 0) is 53.5 Å². The lowest BCUT2D eigenvalue weighted by Gasteiger charge is -2.32. The predicted octanol–water partition coefficient (Wildman–Crippen LogP) is 3.00. The highest BCUT2D eigenvalue weighted by atomic mass is 16.5. The summed E-state index contributed by atoms with van der Waals surface area (Å²) in [6.07, 6.45) is 4.41. The molecule has 1 aliphatic carbocycles. The zero-order valence-electron chi connectivity index (χ0n) is 19.2. The number of carbonyl (C=O) groups excluding carboxylic acids is 2. The zero-order chi connectivity index (χ0) is 23.5. The van der Waals surface area contributed by atoms with Gasteiger partial charge in [-0.25, -0.2) is 5.48 Å². The Balaban J connectivity index is 1.18. The molecule has 3 atom stereocenters. The Labute approximate surface area is 199 Å². The third-order valence-corrected chi connectivity index (χ3v) is 7.46. The highest BCUT2D eigenvalue weighted by Gasteiger charge is 2.60. The summed E-state index contributed by atoms with van der Waals surface area (Å²) in [5.74, 6) is 0.319. The first-order chi connectivity index (χ1) is 16.6. The van der Waals surface area contributed by atoms with E-state index in [1.54, 1.807) is 5.48 Å². The van der Waals surface area contributed by atoms with Gasteiger partial charge in [0.25, 0.3) is 0 Å². The van der Waals surface area contributed by atoms with Gasteiger partial charge in [-0.15, -0.1) is 0 Å². The number of hydrogen-bond acceptors (Lipinski definition) is 5. The number of benzene rings is 2. The quantitative estimate of drug-likeness (QED) is 0.455. The van der Waals surface area contributed by atoms with Crippen LogP contribution in [0.15, 0.2) is 60.7 Å². The Morgan fingerprint density at radius 3 is 2.76 bits per heavy atom. The number of amides is 2. The van der Waals surface area contributed by atoms with E-state index in [0.717, 1.165) is 36.3 Å². The molecule has 1 spiro atoms. The summed E-state index contributed by atoms with van der Waals surface area (Å²) in [6, 6.07) is 18.3. The molecule has 3 aliphatic rings. The molecule has 2 aromatic rings.